The molecular weight excluding hydrogens is 316 g/mol. The number of methoxy groups -OCH3 is 1. The van der Waals surface area contributed by atoms with Gasteiger partial charge in [-0.05, 0) is 43.5 Å². The Labute approximate surface area is 148 Å². The van der Waals surface area contributed by atoms with Gasteiger partial charge in [0.25, 0.3) is 0 Å². The summed E-state index contributed by atoms with van der Waals surface area (Å²) in [4.78, 5) is 23.5. The standard InChI is InChI=1S/C19H24N4O2/c1-14-8-9-20-19(22-14)23-10-4-6-16(13-23)18(24)21-12-15-5-3-7-17(11-15)25-2/h3,5,7-9,11,16H,4,6,10,12-13H2,1-2H3,(H,21,24)/t16-/m1/s1. The molecule has 1 saturated heterocycles. The zero-order valence-corrected chi connectivity index (χ0v) is 14.7. The van der Waals surface area contributed by atoms with Crippen LogP contribution in [0.3, 0.4) is 0 Å². The van der Waals surface area contributed by atoms with E-state index >= 15 is 0 Å². The maximum Gasteiger partial charge on any atom is 0.225 e. The molecule has 132 valence electrons. The number of aryl methyl sites for hydroxylation is 1. The van der Waals surface area contributed by atoms with Gasteiger partial charge >= 0.3 is 0 Å². The first-order valence-electron chi connectivity index (χ1n) is 8.61. The van der Waals surface area contributed by atoms with Gasteiger partial charge < -0.3 is 15.0 Å². The Morgan fingerprint density at radius 3 is 3.08 bits per heavy atom. The Hall–Kier alpha value is -2.63. The number of rotatable bonds is 5. The fourth-order valence-electron chi connectivity index (χ4n) is 3.08. The maximum absolute atomic E-state index is 12.6. The summed E-state index contributed by atoms with van der Waals surface area (Å²) in [5, 5.41) is 3.04. The number of nitrogens with zero attached hydrogens (tertiary/aromatic N) is 3. The molecule has 1 aromatic heterocycles. The lowest BCUT2D eigenvalue weighted by Crippen LogP contribution is -2.43. The van der Waals surface area contributed by atoms with E-state index in [0.717, 1.165) is 36.4 Å². The number of amides is 1. The summed E-state index contributed by atoms with van der Waals surface area (Å²) in [6.07, 6.45) is 3.63. The molecule has 1 aliphatic rings. The van der Waals surface area contributed by atoms with Crippen molar-refractivity contribution in [1.82, 2.24) is 15.3 Å². The molecule has 0 spiro atoms. The predicted molar refractivity (Wildman–Crippen MR) is 96.5 cm³/mol. The molecule has 1 aromatic carbocycles. The first-order chi connectivity index (χ1) is 12.2. The minimum Gasteiger partial charge on any atom is -0.497 e. The van der Waals surface area contributed by atoms with Gasteiger partial charge in [0.05, 0.1) is 13.0 Å². The number of ether oxygens (including phenoxy) is 1. The first kappa shape index (κ1) is 17.2. The zero-order valence-electron chi connectivity index (χ0n) is 14.7. The molecule has 0 bridgehead atoms. The highest BCUT2D eigenvalue weighted by atomic mass is 16.5. The molecule has 1 atom stereocenters. The number of carbonyl (C=O) groups excluding carboxylic acids is 1. The van der Waals surface area contributed by atoms with Gasteiger partial charge in [-0.15, -0.1) is 0 Å². The van der Waals surface area contributed by atoms with Crippen LogP contribution in [0.5, 0.6) is 5.75 Å². The average molecular weight is 340 g/mol. The van der Waals surface area contributed by atoms with Crippen LogP contribution in [0.1, 0.15) is 24.1 Å². The van der Waals surface area contributed by atoms with Crippen molar-refractivity contribution in [2.75, 3.05) is 25.1 Å². The maximum atomic E-state index is 12.6. The average Bonchev–Trinajstić information content (AvgIpc) is 2.66. The van der Waals surface area contributed by atoms with E-state index in [1.807, 2.05) is 37.3 Å². The SMILES string of the molecule is COc1cccc(CNC(=O)[C@@H]2CCCN(c3nccc(C)n3)C2)c1. The minimum atomic E-state index is -0.0385. The Bertz CT molecular complexity index is 735. The Balaban J connectivity index is 1.58. The summed E-state index contributed by atoms with van der Waals surface area (Å²) >= 11 is 0. The van der Waals surface area contributed by atoms with Gasteiger partial charge in [0.15, 0.2) is 0 Å². The Kier molecular flexibility index (Phi) is 5.48. The van der Waals surface area contributed by atoms with Crippen molar-refractivity contribution in [3.8, 4) is 5.75 Å². The van der Waals surface area contributed by atoms with E-state index in [2.05, 4.69) is 20.2 Å². The van der Waals surface area contributed by atoms with Gasteiger partial charge in [-0.2, -0.15) is 0 Å². The molecule has 1 N–H and O–H groups in total. The van der Waals surface area contributed by atoms with E-state index in [0.29, 0.717) is 19.0 Å². The highest BCUT2D eigenvalue weighted by Crippen LogP contribution is 2.21. The van der Waals surface area contributed by atoms with Crippen LogP contribution in [0.2, 0.25) is 0 Å². The number of anilines is 1. The fourth-order valence-corrected chi connectivity index (χ4v) is 3.08. The molecule has 6 nitrogen and oxygen atoms in total. The van der Waals surface area contributed by atoms with Crippen molar-refractivity contribution in [3.05, 3.63) is 47.8 Å². The Morgan fingerprint density at radius 1 is 1.40 bits per heavy atom. The molecule has 1 amide bonds. The van der Waals surface area contributed by atoms with Gasteiger partial charge in [-0.1, -0.05) is 12.1 Å². The molecule has 0 aliphatic carbocycles. The molecule has 1 aliphatic heterocycles. The molecule has 0 unspecified atom stereocenters. The van der Waals surface area contributed by atoms with Crippen LogP contribution in [-0.2, 0) is 11.3 Å². The van der Waals surface area contributed by atoms with Crippen LogP contribution in [0.4, 0.5) is 5.95 Å². The van der Waals surface area contributed by atoms with E-state index in [-0.39, 0.29) is 11.8 Å². The van der Waals surface area contributed by atoms with Gasteiger partial charge in [-0.25, -0.2) is 9.97 Å². The molecule has 0 radical (unpaired) electrons. The highest BCUT2D eigenvalue weighted by Gasteiger charge is 2.27. The summed E-state index contributed by atoms with van der Waals surface area (Å²) in [6, 6.07) is 9.63. The number of hydrogen-bond acceptors (Lipinski definition) is 5. The number of aromatic nitrogens is 2. The second-order valence-corrected chi connectivity index (χ2v) is 6.35. The normalized spacial score (nSPS) is 17.2. The molecule has 2 aromatic rings. The lowest BCUT2D eigenvalue weighted by atomic mass is 9.97. The topological polar surface area (TPSA) is 67.3 Å². The summed E-state index contributed by atoms with van der Waals surface area (Å²) in [5.41, 5.74) is 1.97. The third-order valence-corrected chi connectivity index (χ3v) is 4.46. The van der Waals surface area contributed by atoms with Crippen molar-refractivity contribution in [1.29, 1.82) is 0 Å². The van der Waals surface area contributed by atoms with E-state index in [1.54, 1.807) is 13.3 Å². The second-order valence-electron chi connectivity index (χ2n) is 6.35. The lowest BCUT2D eigenvalue weighted by Gasteiger charge is -2.32. The van der Waals surface area contributed by atoms with Crippen molar-refractivity contribution < 1.29 is 9.53 Å². The van der Waals surface area contributed by atoms with Gasteiger partial charge in [0, 0.05) is 31.5 Å². The molecule has 3 rings (SSSR count). The number of benzene rings is 1. The van der Waals surface area contributed by atoms with Crippen molar-refractivity contribution >= 4 is 11.9 Å². The van der Waals surface area contributed by atoms with Gasteiger partial charge in [-0.3, -0.25) is 4.79 Å². The van der Waals surface area contributed by atoms with Crippen LogP contribution in [0, 0.1) is 12.8 Å². The minimum absolute atomic E-state index is 0.0385. The van der Waals surface area contributed by atoms with E-state index in [1.165, 1.54) is 0 Å². The second kappa shape index (κ2) is 7.96. The van der Waals surface area contributed by atoms with Crippen LogP contribution < -0.4 is 15.0 Å². The highest BCUT2D eigenvalue weighted by molar-refractivity contribution is 5.79. The Morgan fingerprint density at radius 2 is 2.28 bits per heavy atom. The largest absolute Gasteiger partial charge is 0.497 e. The first-order valence-corrected chi connectivity index (χ1v) is 8.61. The number of hydrogen-bond donors (Lipinski definition) is 1. The van der Waals surface area contributed by atoms with E-state index in [4.69, 9.17) is 4.74 Å². The van der Waals surface area contributed by atoms with Crippen molar-refractivity contribution in [2.24, 2.45) is 5.92 Å². The van der Waals surface area contributed by atoms with Crippen LogP contribution in [0.25, 0.3) is 0 Å². The third kappa shape index (κ3) is 4.47. The zero-order chi connectivity index (χ0) is 17.6. The summed E-state index contributed by atoms with van der Waals surface area (Å²) in [5.74, 6) is 1.56. The quantitative estimate of drug-likeness (QED) is 0.905. The van der Waals surface area contributed by atoms with Crippen molar-refractivity contribution in [3.63, 3.8) is 0 Å². The molecule has 25 heavy (non-hydrogen) atoms. The van der Waals surface area contributed by atoms with E-state index < -0.39 is 0 Å². The molecule has 6 heteroatoms. The number of piperidine rings is 1. The third-order valence-electron chi connectivity index (χ3n) is 4.46. The van der Waals surface area contributed by atoms with Gasteiger partial charge in [0.1, 0.15) is 5.75 Å². The van der Waals surface area contributed by atoms with E-state index in [9.17, 15) is 4.79 Å². The summed E-state index contributed by atoms with van der Waals surface area (Å²) in [7, 11) is 1.64. The van der Waals surface area contributed by atoms with Crippen LogP contribution in [-0.4, -0.2) is 36.1 Å². The number of nitrogens with one attached hydrogen (secondary N) is 1. The van der Waals surface area contributed by atoms with Crippen molar-refractivity contribution in [2.45, 2.75) is 26.3 Å². The lowest BCUT2D eigenvalue weighted by molar-refractivity contribution is -0.125. The smallest absolute Gasteiger partial charge is 0.225 e. The summed E-state index contributed by atoms with van der Waals surface area (Å²) < 4.78 is 5.22. The molecule has 0 saturated carbocycles. The fraction of sp³-hybridized carbons (Fsp3) is 0.421. The van der Waals surface area contributed by atoms with Crippen LogP contribution in [0.15, 0.2) is 36.5 Å². The molecule has 2 heterocycles. The monoisotopic (exact) mass is 340 g/mol. The predicted octanol–water partition coefficient (Wildman–Crippen LogP) is 2.33. The van der Waals surface area contributed by atoms with Gasteiger partial charge in [0.2, 0.25) is 11.9 Å². The summed E-state index contributed by atoms with van der Waals surface area (Å²) in [6.45, 7) is 4.01. The number of carbonyl (C=O) groups is 1. The molecular formula is C19H24N4O2. The molecule has 1 fully saturated rings. The van der Waals surface area contributed by atoms with Crippen LogP contribution >= 0.6 is 0 Å².